The van der Waals surface area contributed by atoms with Crippen LogP contribution < -0.4 is 5.69 Å². The van der Waals surface area contributed by atoms with Crippen LogP contribution in [0, 0.1) is 5.82 Å². The van der Waals surface area contributed by atoms with Crippen molar-refractivity contribution in [2.75, 3.05) is 0 Å². The van der Waals surface area contributed by atoms with Crippen LogP contribution in [-0.4, -0.2) is 19.6 Å². The lowest BCUT2D eigenvalue weighted by molar-refractivity contribution is 0.628. The molecular weight excluding hydrogens is 410 g/mol. The average molecular weight is 421 g/mol. The molecule has 27 heavy (non-hydrogen) atoms. The van der Waals surface area contributed by atoms with E-state index in [1.165, 1.54) is 34.6 Å². The lowest BCUT2D eigenvalue weighted by Gasteiger charge is -2.04. The maximum atomic E-state index is 13.2. The summed E-state index contributed by atoms with van der Waals surface area (Å²) >= 11 is 13.3. The molecule has 0 saturated carbocycles. The first kappa shape index (κ1) is 18.0. The Bertz CT molecular complexity index is 1190. The first-order valence-electron chi connectivity index (χ1n) is 7.82. The second-order valence-corrected chi connectivity index (χ2v) is 7.46. The highest BCUT2D eigenvalue weighted by Gasteiger charge is 2.13. The van der Waals surface area contributed by atoms with Gasteiger partial charge >= 0.3 is 5.69 Å². The van der Waals surface area contributed by atoms with Crippen LogP contribution in [0.4, 0.5) is 4.39 Å². The molecule has 4 aromatic rings. The predicted molar refractivity (Wildman–Crippen MR) is 105 cm³/mol. The zero-order chi connectivity index (χ0) is 19.0. The van der Waals surface area contributed by atoms with E-state index < -0.39 is 5.69 Å². The fourth-order valence-electron chi connectivity index (χ4n) is 2.55. The van der Waals surface area contributed by atoms with Crippen LogP contribution in [0.15, 0.2) is 58.6 Å². The number of rotatable bonds is 4. The molecule has 0 amide bonds. The molecular formula is C18H11Cl2FN4OS. The van der Waals surface area contributed by atoms with Crippen molar-refractivity contribution in [3.05, 3.63) is 80.6 Å². The number of fused-ring (bicyclic) bond motifs is 1. The van der Waals surface area contributed by atoms with Gasteiger partial charge in [0.15, 0.2) is 10.8 Å². The van der Waals surface area contributed by atoms with Gasteiger partial charge in [0.05, 0.1) is 16.2 Å². The van der Waals surface area contributed by atoms with E-state index >= 15 is 0 Å². The molecule has 2 aromatic carbocycles. The Hall–Kier alpha value is -2.35. The van der Waals surface area contributed by atoms with Gasteiger partial charge in [-0.3, -0.25) is 4.98 Å². The number of halogens is 3. The Labute approximate surface area is 167 Å². The van der Waals surface area contributed by atoms with Gasteiger partial charge in [-0.1, -0.05) is 53.2 Å². The minimum absolute atomic E-state index is 0.334. The van der Waals surface area contributed by atoms with Crippen molar-refractivity contribution < 1.29 is 4.39 Å². The van der Waals surface area contributed by atoms with Crippen LogP contribution in [0.1, 0.15) is 5.56 Å². The Balaban J connectivity index is 1.67. The molecule has 1 N–H and O–H groups in total. The fourth-order valence-corrected chi connectivity index (χ4v) is 3.66. The third-order valence-electron chi connectivity index (χ3n) is 3.87. The Morgan fingerprint density at radius 1 is 1.11 bits per heavy atom. The highest BCUT2D eigenvalue weighted by molar-refractivity contribution is 7.98. The van der Waals surface area contributed by atoms with Crippen LogP contribution >= 0.6 is 35.0 Å². The number of aromatic amines is 1. The van der Waals surface area contributed by atoms with Crippen LogP contribution in [0.3, 0.4) is 0 Å². The van der Waals surface area contributed by atoms with Crippen molar-refractivity contribution in [2.24, 2.45) is 0 Å². The van der Waals surface area contributed by atoms with Crippen LogP contribution in [0.25, 0.3) is 16.8 Å². The summed E-state index contributed by atoms with van der Waals surface area (Å²) in [6.45, 7) is 0. The number of nitrogens with one attached hydrogen (secondary N) is 1. The molecule has 0 aliphatic rings. The van der Waals surface area contributed by atoms with Gasteiger partial charge in [0.1, 0.15) is 5.82 Å². The van der Waals surface area contributed by atoms with Crippen molar-refractivity contribution in [1.29, 1.82) is 0 Å². The van der Waals surface area contributed by atoms with Crippen molar-refractivity contribution in [2.45, 2.75) is 10.9 Å². The lowest BCUT2D eigenvalue weighted by Crippen LogP contribution is -2.19. The maximum Gasteiger partial charge on any atom is 0.350 e. The van der Waals surface area contributed by atoms with E-state index in [1.54, 1.807) is 24.3 Å². The quantitative estimate of drug-likeness (QED) is 0.480. The second-order valence-electron chi connectivity index (χ2n) is 5.68. The minimum Gasteiger partial charge on any atom is -0.285 e. The molecule has 2 aromatic heterocycles. The summed E-state index contributed by atoms with van der Waals surface area (Å²) in [6.07, 6.45) is 1.54. The molecule has 4 rings (SSSR count). The standard InChI is InChI=1S/C18H11Cl2FN4OS/c19-14-6-1-10(7-15(14)20)9-27-17-23-16-13(8-22-25(16)18(26)24-17)11-2-4-12(21)5-3-11/h1-8H,9H2,(H,23,24,26). The highest BCUT2D eigenvalue weighted by Crippen LogP contribution is 2.27. The summed E-state index contributed by atoms with van der Waals surface area (Å²) in [5.74, 6) is 0.217. The zero-order valence-electron chi connectivity index (χ0n) is 13.6. The normalized spacial score (nSPS) is 11.2. The van der Waals surface area contributed by atoms with Gasteiger partial charge in [0, 0.05) is 11.3 Å². The Morgan fingerprint density at radius 3 is 2.63 bits per heavy atom. The number of hydrogen-bond acceptors (Lipinski definition) is 4. The number of thioether (sulfide) groups is 1. The Morgan fingerprint density at radius 2 is 1.89 bits per heavy atom. The maximum absolute atomic E-state index is 13.2. The lowest BCUT2D eigenvalue weighted by atomic mass is 10.1. The molecule has 0 aliphatic heterocycles. The molecule has 0 radical (unpaired) electrons. The van der Waals surface area contributed by atoms with Gasteiger partial charge in [-0.25, -0.2) is 14.2 Å². The number of nitrogens with zero attached hydrogens (tertiary/aromatic N) is 3. The first-order chi connectivity index (χ1) is 13.0. The largest absolute Gasteiger partial charge is 0.350 e. The SMILES string of the molecule is O=c1[nH]c(SCc2ccc(Cl)c(Cl)c2)nc2c(-c3ccc(F)cc3)cnn12. The summed E-state index contributed by atoms with van der Waals surface area (Å²) in [6, 6.07) is 11.3. The smallest absolute Gasteiger partial charge is 0.285 e. The predicted octanol–water partition coefficient (Wildman–Crippen LogP) is 4.82. The third-order valence-corrected chi connectivity index (χ3v) is 5.56. The average Bonchev–Trinajstić information content (AvgIpc) is 3.08. The van der Waals surface area contributed by atoms with Crippen molar-refractivity contribution in [3.8, 4) is 11.1 Å². The molecule has 0 unspecified atom stereocenters. The van der Waals surface area contributed by atoms with Crippen LogP contribution in [0.5, 0.6) is 0 Å². The molecule has 0 saturated heterocycles. The van der Waals surface area contributed by atoms with Crippen molar-refractivity contribution in [3.63, 3.8) is 0 Å². The van der Waals surface area contributed by atoms with E-state index in [2.05, 4.69) is 15.1 Å². The Kier molecular flexibility index (Phi) is 4.90. The molecule has 0 spiro atoms. The van der Waals surface area contributed by atoms with E-state index in [9.17, 15) is 9.18 Å². The minimum atomic E-state index is -0.398. The fraction of sp³-hybridized carbons (Fsp3) is 0.0556. The molecule has 0 atom stereocenters. The third kappa shape index (κ3) is 3.71. The summed E-state index contributed by atoms with van der Waals surface area (Å²) < 4.78 is 14.4. The van der Waals surface area contributed by atoms with Gasteiger partial charge in [0.2, 0.25) is 0 Å². The van der Waals surface area contributed by atoms with E-state index in [4.69, 9.17) is 23.2 Å². The molecule has 0 fully saturated rings. The number of H-pyrrole nitrogens is 1. The van der Waals surface area contributed by atoms with E-state index in [1.807, 2.05) is 6.07 Å². The number of hydrogen-bond donors (Lipinski definition) is 1. The summed E-state index contributed by atoms with van der Waals surface area (Å²) in [4.78, 5) is 19.5. The van der Waals surface area contributed by atoms with Gasteiger partial charge in [-0.05, 0) is 35.4 Å². The molecule has 9 heteroatoms. The van der Waals surface area contributed by atoms with E-state index in [-0.39, 0.29) is 5.82 Å². The van der Waals surface area contributed by atoms with Gasteiger partial charge < -0.3 is 0 Å². The van der Waals surface area contributed by atoms with Gasteiger partial charge in [0.25, 0.3) is 0 Å². The van der Waals surface area contributed by atoms with E-state index in [0.717, 1.165) is 11.1 Å². The van der Waals surface area contributed by atoms with Gasteiger partial charge in [-0.15, -0.1) is 0 Å². The second kappa shape index (κ2) is 7.34. The van der Waals surface area contributed by atoms with Crippen LogP contribution in [0.2, 0.25) is 10.0 Å². The summed E-state index contributed by atoms with van der Waals surface area (Å²) in [5, 5.41) is 5.48. The highest BCUT2D eigenvalue weighted by atomic mass is 35.5. The zero-order valence-corrected chi connectivity index (χ0v) is 15.9. The molecule has 0 aliphatic carbocycles. The van der Waals surface area contributed by atoms with Crippen LogP contribution in [-0.2, 0) is 5.75 Å². The molecule has 136 valence electrons. The van der Waals surface area contributed by atoms with Gasteiger partial charge in [-0.2, -0.15) is 9.61 Å². The molecule has 5 nitrogen and oxygen atoms in total. The number of aromatic nitrogens is 4. The monoisotopic (exact) mass is 420 g/mol. The summed E-state index contributed by atoms with van der Waals surface area (Å²) in [5.41, 5.74) is 2.33. The first-order valence-corrected chi connectivity index (χ1v) is 9.56. The van der Waals surface area contributed by atoms with Crippen molar-refractivity contribution >= 4 is 40.6 Å². The van der Waals surface area contributed by atoms with Crippen molar-refractivity contribution in [1.82, 2.24) is 19.6 Å². The van der Waals surface area contributed by atoms with E-state index in [0.29, 0.717) is 32.2 Å². The number of benzene rings is 2. The summed E-state index contributed by atoms with van der Waals surface area (Å²) in [7, 11) is 0. The molecule has 0 bridgehead atoms. The topological polar surface area (TPSA) is 63.0 Å². The molecule has 2 heterocycles.